The second-order valence-electron chi connectivity index (χ2n) is 9.10. The average Bonchev–Trinajstić information content (AvgIpc) is 3.03. The van der Waals surface area contributed by atoms with Crippen molar-refractivity contribution in [2.45, 2.75) is 72.0 Å². The van der Waals surface area contributed by atoms with Crippen LogP contribution in [0.2, 0.25) is 0 Å². The van der Waals surface area contributed by atoms with Crippen LogP contribution >= 0.6 is 27.3 Å². The van der Waals surface area contributed by atoms with E-state index in [0.717, 1.165) is 44.5 Å². The monoisotopic (exact) mass is 485 g/mol. The molecule has 0 spiro atoms. The third-order valence-corrected chi connectivity index (χ3v) is 7.28. The Labute approximate surface area is 191 Å². The highest BCUT2D eigenvalue weighted by molar-refractivity contribution is 9.10. The van der Waals surface area contributed by atoms with Crippen LogP contribution in [0, 0.1) is 6.92 Å². The fourth-order valence-electron chi connectivity index (χ4n) is 4.35. The highest BCUT2D eigenvalue weighted by atomic mass is 79.9. The van der Waals surface area contributed by atoms with Gasteiger partial charge in [-0.2, -0.15) is 0 Å². The minimum absolute atomic E-state index is 0.0108. The number of nitrogens with zero attached hydrogens (tertiary/aromatic N) is 1. The van der Waals surface area contributed by atoms with Gasteiger partial charge < -0.3 is 4.74 Å². The largest absolute Gasteiger partial charge is 0.360 e. The van der Waals surface area contributed by atoms with E-state index in [1.807, 2.05) is 39.0 Å². The Morgan fingerprint density at radius 3 is 2.47 bits per heavy atom. The Morgan fingerprint density at radius 2 is 1.83 bits per heavy atom. The van der Waals surface area contributed by atoms with Gasteiger partial charge in [0.25, 0.3) is 0 Å². The van der Waals surface area contributed by atoms with Crippen molar-refractivity contribution in [3.8, 4) is 11.1 Å². The van der Waals surface area contributed by atoms with Crippen LogP contribution < -0.4 is 0 Å². The van der Waals surface area contributed by atoms with Crippen molar-refractivity contribution in [2.75, 3.05) is 0 Å². The van der Waals surface area contributed by atoms with Crippen LogP contribution in [0.15, 0.2) is 28.7 Å². The molecule has 0 radical (unpaired) electrons. The maximum Gasteiger partial charge on any atom is 0.163 e. The van der Waals surface area contributed by atoms with Crippen LogP contribution in [-0.2, 0) is 22.4 Å². The molecule has 0 aliphatic heterocycles. The molecule has 2 heterocycles. The lowest BCUT2D eigenvalue weighted by Crippen LogP contribution is -2.27. The van der Waals surface area contributed by atoms with Crippen molar-refractivity contribution in [1.82, 2.24) is 4.98 Å². The summed E-state index contributed by atoms with van der Waals surface area (Å²) in [4.78, 5) is 20.3. The molecule has 0 N–H and O–H groups in total. The Morgan fingerprint density at radius 1 is 1.17 bits per heavy atom. The number of pyridine rings is 1. The Hall–Kier alpha value is -1.56. The molecular weight excluding hydrogens is 458 g/mol. The van der Waals surface area contributed by atoms with Crippen LogP contribution in [0.1, 0.15) is 68.3 Å². The maximum atomic E-state index is 12.8. The van der Waals surface area contributed by atoms with Gasteiger partial charge in [-0.15, -0.1) is 11.3 Å². The van der Waals surface area contributed by atoms with Gasteiger partial charge in [0.15, 0.2) is 5.78 Å². The fraction of sp³-hybridized carbons (Fsp3) is 0.440. The molecule has 5 heteroatoms. The Bertz CT molecular complexity index is 1110. The van der Waals surface area contributed by atoms with Gasteiger partial charge in [-0.1, -0.05) is 28.1 Å². The van der Waals surface area contributed by atoms with Crippen LogP contribution in [-0.4, -0.2) is 16.4 Å². The molecule has 0 unspecified atom stereocenters. The lowest BCUT2D eigenvalue weighted by Gasteiger charge is -2.29. The minimum atomic E-state index is -0.639. The number of benzene rings is 1. The Balaban J connectivity index is 2.08. The lowest BCUT2D eigenvalue weighted by molar-refractivity contribution is -0.138. The zero-order valence-electron chi connectivity index (χ0n) is 18.3. The number of thiophene rings is 1. The summed E-state index contributed by atoms with van der Waals surface area (Å²) in [5.74, 6) is 0.0108. The number of aromatic nitrogens is 1. The van der Waals surface area contributed by atoms with E-state index in [1.165, 1.54) is 28.7 Å². The molecule has 1 atom stereocenters. The maximum absolute atomic E-state index is 12.8. The number of ketones is 1. The smallest absolute Gasteiger partial charge is 0.163 e. The average molecular weight is 486 g/mol. The SMILES string of the molecule is CC(=O)[C@@H](OC(C)(C)C)c1c(C)nc2sc3c(c2c1-c1ccc(Br)cc1)CCCC3. The third kappa shape index (κ3) is 4.12. The van der Waals surface area contributed by atoms with Gasteiger partial charge in [0.2, 0.25) is 0 Å². The number of ether oxygens (including phenoxy) is 1. The number of aryl methyl sites for hydroxylation is 3. The molecule has 30 heavy (non-hydrogen) atoms. The van der Waals surface area contributed by atoms with Crippen molar-refractivity contribution in [3.05, 3.63) is 50.4 Å². The standard InChI is InChI=1S/C25H28BrNO2S/c1-14-20(23(15(2)28)29-25(3,4)5)21(16-10-12-17(26)13-11-16)22-18-8-6-7-9-19(18)30-24(22)27-14/h10-13,23H,6-9H2,1-5H3/t23-/m1/s1. The molecule has 0 amide bonds. The highest BCUT2D eigenvalue weighted by Crippen LogP contribution is 2.45. The molecule has 4 rings (SSSR count). The summed E-state index contributed by atoms with van der Waals surface area (Å²) in [5, 5.41) is 1.22. The first-order valence-electron chi connectivity index (χ1n) is 10.5. The molecule has 0 saturated heterocycles. The Kier molecular flexibility index (Phi) is 5.90. The number of halogens is 1. The van der Waals surface area contributed by atoms with Gasteiger partial charge in [0.05, 0.1) is 5.60 Å². The van der Waals surface area contributed by atoms with E-state index in [0.29, 0.717) is 0 Å². The summed E-state index contributed by atoms with van der Waals surface area (Å²) in [5.41, 5.74) is 5.00. The summed E-state index contributed by atoms with van der Waals surface area (Å²) >= 11 is 5.38. The number of carbonyl (C=O) groups is 1. The molecule has 158 valence electrons. The molecule has 3 aromatic rings. The first-order chi connectivity index (χ1) is 14.2. The van der Waals surface area contributed by atoms with E-state index in [9.17, 15) is 4.79 Å². The number of rotatable bonds is 4. The quantitative estimate of drug-likeness (QED) is 0.387. The van der Waals surface area contributed by atoms with Crippen molar-refractivity contribution < 1.29 is 9.53 Å². The van der Waals surface area contributed by atoms with E-state index in [4.69, 9.17) is 9.72 Å². The topological polar surface area (TPSA) is 39.2 Å². The molecule has 0 fully saturated rings. The van der Waals surface area contributed by atoms with Gasteiger partial charge in [-0.3, -0.25) is 4.79 Å². The molecule has 0 bridgehead atoms. The van der Waals surface area contributed by atoms with Crippen molar-refractivity contribution >= 4 is 43.3 Å². The van der Waals surface area contributed by atoms with Crippen LogP contribution in [0.3, 0.4) is 0 Å². The first kappa shape index (κ1) is 21.7. The van der Waals surface area contributed by atoms with E-state index < -0.39 is 11.7 Å². The second-order valence-corrected chi connectivity index (χ2v) is 11.1. The predicted octanol–water partition coefficient (Wildman–Crippen LogP) is 7.36. The third-order valence-electron chi connectivity index (χ3n) is 5.57. The molecule has 1 aliphatic carbocycles. The lowest BCUT2D eigenvalue weighted by atomic mass is 9.87. The summed E-state index contributed by atoms with van der Waals surface area (Å²) in [6.45, 7) is 9.62. The van der Waals surface area contributed by atoms with Gasteiger partial charge >= 0.3 is 0 Å². The van der Waals surface area contributed by atoms with Gasteiger partial charge in [0.1, 0.15) is 10.9 Å². The normalized spacial score (nSPS) is 15.3. The van der Waals surface area contributed by atoms with Crippen LogP contribution in [0.4, 0.5) is 0 Å². The number of hydrogen-bond donors (Lipinski definition) is 0. The minimum Gasteiger partial charge on any atom is -0.360 e. The van der Waals surface area contributed by atoms with E-state index in [-0.39, 0.29) is 5.78 Å². The van der Waals surface area contributed by atoms with Crippen LogP contribution in [0.5, 0.6) is 0 Å². The molecule has 1 aromatic carbocycles. The summed E-state index contributed by atoms with van der Waals surface area (Å²) in [6, 6.07) is 8.38. The van der Waals surface area contributed by atoms with Crippen molar-refractivity contribution in [3.63, 3.8) is 0 Å². The van der Waals surface area contributed by atoms with Gasteiger partial charge in [0, 0.05) is 31.6 Å². The first-order valence-corrected chi connectivity index (χ1v) is 12.2. The van der Waals surface area contributed by atoms with Crippen molar-refractivity contribution in [1.29, 1.82) is 0 Å². The number of carbonyl (C=O) groups excluding carboxylic acids is 1. The summed E-state index contributed by atoms with van der Waals surface area (Å²) in [6.07, 6.45) is 4.01. The predicted molar refractivity (Wildman–Crippen MR) is 128 cm³/mol. The summed E-state index contributed by atoms with van der Waals surface area (Å²) < 4.78 is 7.36. The van der Waals surface area contributed by atoms with Crippen molar-refractivity contribution in [2.24, 2.45) is 0 Å². The zero-order valence-corrected chi connectivity index (χ0v) is 20.7. The molecule has 0 saturated carbocycles. The zero-order chi connectivity index (χ0) is 21.6. The van der Waals surface area contributed by atoms with Crippen LogP contribution in [0.25, 0.3) is 21.3 Å². The molecule has 1 aliphatic rings. The molecule has 3 nitrogen and oxygen atoms in total. The van der Waals surface area contributed by atoms with Gasteiger partial charge in [-0.05, 0) is 83.6 Å². The second kappa shape index (κ2) is 8.18. The number of Topliss-reactive ketones (excluding diaryl/α,β-unsaturated/α-hetero) is 1. The molecule has 2 aromatic heterocycles. The number of fused-ring (bicyclic) bond motifs is 3. The van der Waals surface area contributed by atoms with E-state index in [1.54, 1.807) is 6.92 Å². The summed E-state index contributed by atoms with van der Waals surface area (Å²) in [7, 11) is 0. The van der Waals surface area contributed by atoms with Gasteiger partial charge in [-0.25, -0.2) is 4.98 Å². The fourth-order valence-corrected chi connectivity index (χ4v) is 5.93. The molecular formula is C25H28BrNO2S. The highest BCUT2D eigenvalue weighted by Gasteiger charge is 2.32. The number of hydrogen-bond acceptors (Lipinski definition) is 4. The van der Waals surface area contributed by atoms with E-state index in [2.05, 4.69) is 40.2 Å². The van der Waals surface area contributed by atoms with E-state index >= 15 is 0 Å².